The van der Waals surface area contributed by atoms with Crippen LogP contribution in [0.5, 0.6) is 5.75 Å². The molecule has 0 saturated heterocycles. The monoisotopic (exact) mass is 458 g/mol. The van der Waals surface area contributed by atoms with Crippen molar-refractivity contribution in [2.24, 2.45) is 5.92 Å². The van der Waals surface area contributed by atoms with Crippen molar-refractivity contribution in [3.63, 3.8) is 0 Å². The highest BCUT2D eigenvalue weighted by Crippen LogP contribution is 2.29. The quantitative estimate of drug-likeness (QED) is 0.498. The number of anilines is 1. The van der Waals surface area contributed by atoms with Crippen molar-refractivity contribution in [1.29, 1.82) is 0 Å². The molecule has 0 saturated carbocycles. The minimum Gasteiger partial charge on any atom is -0.495 e. The van der Waals surface area contributed by atoms with E-state index >= 15 is 0 Å². The fourth-order valence-electron chi connectivity index (χ4n) is 3.12. The molecule has 0 fully saturated rings. The molecule has 1 amide bonds. The first-order valence-electron chi connectivity index (χ1n) is 9.83. The first kappa shape index (κ1) is 22.8. The van der Waals surface area contributed by atoms with E-state index in [0.717, 1.165) is 10.4 Å². The van der Waals surface area contributed by atoms with E-state index in [9.17, 15) is 13.2 Å². The molecule has 0 aliphatic carbocycles. The Kier molecular flexibility index (Phi) is 7.02. The molecule has 8 heteroatoms. The zero-order chi connectivity index (χ0) is 22.6. The molecular formula is C23H26N2O4S2. The minimum atomic E-state index is -3.97. The van der Waals surface area contributed by atoms with Crippen LogP contribution in [-0.2, 0) is 10.0 Å². The summed E-state index contributed by atoms with van der Waals surface area (Å²) in [6, 6.07) is 15.1. The van der Waals surface area contributed by atoms with E-state index in [0.29, 0.717) is 5.69 Å². The number of hydrogen-bond donors (Lipinski definition) is 2. The van der Waals surface area contributed by atoms with Gasteiger partial charge in [-0.05, 0) is 54.6 Å². The molecule has 1 unspecified atom stereocenters. The number of carbonyl (C=O) groups is 1. The SMILES string of the molecule is COc1ccc(C(=O)NC(c2cccs2)C(C)C)cc1S(=O)(=O)Nc1ccc(C)cc1. The van der Waals surface area contributed by atoms with Gasteiger partial charge >= 0.3 is 0 Å². The maximum Gasteiger partial charge on any atom is 0.265 e. The van der Waals surface area contributed by atoms with E-state index < -0.39 is 10.0 Å². The third kappa shape index (κ3) is 5.45. The Labute approximate surface area is 187 Å². The van der Waals surface area contributed by atoms with Crippen molar-refractivity contribution >= 4 is 33.0 Å². The maximum absolute atomic E-state index is 13.0. The normalized spacial score (nSPS) is 12.4. The summed E-state index contributed by atoms with van der Waals surface area (Å²) in [5.41, 5.74) is 1.69. The number of amides is 1. The van der Waals surface area contributed by atoms with Gasteiger partial charge in [0.2, 0.25) is 0 Å². The number of hydrogen-bond acceptors (Lipinski definition) is 5. The molecule has 3 rings (SSSR count). The molecule has 0 radical (unpaired) electrons. The van der Waals surface area contributed by atoms with Crippen LogP contribution in [0.1, 0.15) is 40.7 Å². The Balaban J connectivity index is 1.90. The molecule has 1 heterocycles. The van der Waals surface area contributed by atoms with Gasteiger partial charge in [0.1, 0.15) is 10.6 Å². The number of thiophene rings is 1. The summed E-state index contributed by atoms with van der Waals surface area (Å²) in [5, 5.41) is 4.99. The second-order valence-corrected chi connectivity index (χ2v) is 10.2. The van der Waals surface area contributed by atoms with Crippen LogP contribution >= 0.6 is 11.3 Å². The first-order valence-corrected chi connectivity index (χ1v) is 12.2. The van der Waals surface area contributed by atoms with Gasteiger partial charge < -0.3 is 10.1 Å². The van der Waals surface area contributed by atoms with Crippen LogP contribution in [0.3, 0.4) is 0 Å². The largest absolute Gasteiger partial charge is 0.495 e. The average molecular weight is 459 g/mol. The van der Waals surface area contributed by atoms with Gasteiger partial charge in [0.25, 0.3) is 15.9 Å². The first-order chi connectivity index (χ1) is 14.7. The zero-order valence-electron chi connectivity index (χ0n) is 17.9. The Morgan fingerprint density at radius 1 is 1.06 bits per heavy atom. The molecule has 0 bridgehead atoms. The van der Waals surface area contributed by atoms with Crippen molar-refractivity contribution in [3.8, 4) is 5.75 Å². The van der Waals surface area contributed by atoms with E-state index in [-0.39, 0.29) is 34.1 Å². The summed E-state index contributed by atoms with van der Waals surface area (Å²) < 4.78 is 33.9. The smallest absolute Gasteiger partial charge is 0.265 e. The number of nitrogens with one attached hydrogen (secondary N) is 2. The lowest BCUT2D eigenvalue weighted by atomic mass is 10.0. The van der Waals surface area contributed by atoms with Gasteiger partial charge in [-0.2, -0.15) is 0 Å². The summed E-state index contributed by atoms with van der Waals surface area (Å²) >= 11 is 1.57. The third-order valence-corrected chi connectivity index (χ3v) is 7.18. The van der Waals surface area contributed by atoms with Crippen LogP contribution in [0.15, 0.2) is 64.9 Å². The lowest BCUT2D eigenvalue weighted by Gasteiger charge is -2.21. The number of aryl methyl sites for hydroxylation is 1. The standard InChI is InChI=1S/C23H26N2O4S2/c1-15(2)22(20-6-5-13-30-20)24-23(26)17-9-12-19(29-4)21(14-17)31(27,28)25-18-10-7-16(3)8-11-18/h5-15,22,25H,1-4H3,(H,24,26). The van der Waals surface area contributed by atoms with E-state index in [1.54, 1.807) is 29.5 Å². The lowest BCUT2D eigenvalue weighted by Crippen LogP contribution is -2.31. The van der Waals surface area contributed by atoms with E-state index in [4.69, 9.17) is 4.74 Å². The van der Waals surface area contributed by atoms with Crippen LogP contribution in [0, 0.1) is 12.8 Å². The van der Waals surface area contributed by atoms with E-state index in [1.807, 2.05) is 50.4 Å². The van der Waals surface area contributed by atoms with Crippen molar-refractivity contribution < 1.29 is 17.9 Å². The second kappa shape index (κ2) is 9.53. The highest BCUT2D eigenvalue weighted by atomic mass is 32.2. The summed E-state index contributed by atoms with van der Waals surface area (Å²) in [4.78, 5) is 13.9. The predicted octanol–water partition coefficient (Wildman–Crippen LogP) is 4.99. The molecule has 6 nitrogen and oxygen atoms in total. The summed E-state index contributed by atoms with van der Waals surface area (Å²) in [6.07, 6.45) is 0. The molecule has 1 aromatic heterocycles. The third-order valence-electron chi connectivity index (χ3n) is 4.82. The molecule has 2 aromatic carbocycles. The molecule has 1 atom stereocenters. The molecule has 3 aromatic rings. The minimum absolute atomic E-state index is 0.0968. The molecule has 0 aliphatic rings. The summed E-state index contributed by atoms with van der Waals surface area (Å²) in [6.45, 7) is 5.98. The zero-order valence-corrected chi connectivity index (χ0v) is 19.5. The van der Waals surface area contributed by atoms with E-state index in [2.05, 4.69) is 10.0 Å². The maximum atomic E-state index is 13.0. The Morgan fingerprint density at radius 3 is 2.35 bits per heavy atom. The number of sulfonamides is 1. The summed E-state index contributed by atoms with van der Waals surface area (Å²) in [5.74, 6) is -0.0105. The summed E-state index contributed by atoms with van der Waals surface area (Å²) in [7, 11) is -2.57. The van der Waals surface area contributed by atoms with Crippen molar-refractivity contribution in [2.45, 2.75) is 31.7 Å². The van der Waals surface area contributed by atoms with Crippen LogP contribution in [-0.4, -0.2) is 21.4 Å². The van der Waals surface area contributed by atoms with Crippen LogP contribution < -0.4 is 14.8 Å². The molecule has 164 valence electrons. The topological polar surface area (TPSA) is 84.5 Å². The van der Waals surface area contributed by atoms with Crippen LogP contribution in [0.4, 0.5) is 5.69 Å². The molecular weight excluding hydrogens is 432 g/mol. The Morgan fingerprint density at radius 2 is 1.77 bits per heavy atom. The average Bonchev–Trinajstić information content (AvgIpc) is 3.27. The number of rotatable bonds is 8. The van der Waals surface area contributed by atoms with Gasteiger partial charge in [-0.3, -0.25) is 9.52 Å². The molecule has 31 heavy (non-hydrogen) atoms. The number of methoxy groups -OCH3 is 1. The molecule has 0 spiro atoms. The van der Waals surface area contributed by atoms with E-state index in [1.165, 1.54) is 19.2 Å². The number of carbonyl (C=O) groups excluding carboxylic acids is 1. The van der Waals surface area contributed by atoms with Gasteiger partial charge in [-0.15, -0.1) is 11.3 Å². The molecule has 2 N–H and O–H groups in total. The van der Waals surface area contributed by atoms with Gasteiger partial charge in [0.05, 0.1) is 13.2 Å². The predicted molar refractivity (Wildman–Crippen MR) is 124 cm³/mol. The van der Waals surface area contributed by atoms with Gasteiger partial charge in [0.15, 0.2) is 0 Å². The van der Waals surface area contributed by atoms with Crippen LogP contribution in [0.2, 0.25) is 0 Å². The van der Waals surface area contributed by atoms with Gasteiger partial charge in [-0.1, -0.05) is 37.6 Å². The van der Waals surface area contributed by atoms with Crippen LogP contribution in [0.25, 0.3) is 0 Å². The second-order valence-electron chi connectivity index (χ2n) is 7.55. The van der Waals surface area contributed by atoms with Gasteiger partial charge in [0, 0.05) is 16.1 Å². The fraction of sp³-hybridized carbons (Fsp3) is 0.261. The number of ether oxygens (including phenoxy) is 1. The fourth-order valence-corrected chi connectivity index (χ4v) is 5.32. The van der Waals surface area contributed by atoms with Crippen molar-refractivity contribution in [1.82, 2.24) is 5.32 Å². The van der Waals surface area contributed by atoms with Crippen molar-refractivity contribution in [2.75, 3.05) is 11.8 Å². The molecule has 0 aliphatic heterocycles. The van der Waals surface area contributed by atoms with Crippen molar-refractivity contribution in [3.05, 3.63) is 76.0 Å². The Bertz CT molecular complexity index is 1140. The van der Waals surface area contributed by atoms with Gasteiger partial charge in [-0.25, -0.2) is 8.42 Å². The Hall–Kier alpha value is -2.84. The highest BCUT2D eigenvalue weighted by Gasteiger charge is 2.24. The highest BCUT2D eigenvalue weighted by molar-refractivity contribution is 7.92. The number of benzene rings is 2. The lowest BCUT2D eigenvalue weighted by molar-refractivity contribution is 0.0926.